The summed E-state index contributed by atoms with van der Waals surface area (Å²) in [6.07, 6.45) is 5.71. The van der Waals surface area contributed by atoms with Crippen molar-refractivity contribution in [2.45, 2.75) is 43.4 Å². The van der Waals surface area contributed by atoms with E-state index in [1.807, 2.05) is 0 Å². The van der Waals surface area contributed by atoms with Crippen molar-refractivity contribution in [2.75, 3.05) is 25.5 Å². The Hall–Kier alpha value is 0.0700. The first-order chi connectivity index (χ1) is 7.36. The number of hydrogen-bond donors (Lipinski definition) is 1. The molecule has 3 nitrogen and oxygen atoms in total. The van der Waals surface area contributed by atoms with Gasteiger partial charge >= 0.3 is 0 Å². The molecule has 15 heavy (non-hydrogen) atoms. The van der Waals surface area contributed by atoms with Crippen LogP contribution < -0.4 is 5.32 Å². The van der Waals surface area contributed by atoms with Gasteiger partial charge in [0.05, 0.1) is 0 Å². The van der Waals surface area contributed by atoms with Crippen LogP contribution in [0.1, 0.15) is 32.1 Å². The van der Waals surface area contributed by atoms with E-state index in [0.29, 0.717) is 5.25 Å². The molecule has 1 aliphatic heterocycles. The summed E-state index contributed by atoms with van der Waals surface area (Å²) in [6.45, 7) is 2.65. The van der Waals surface area contributed by atoms with E-state index in [4.69, 9.17) is 4.74 Å². The predicted octanol–water partition coefficient (Wildman–Crippen LogP) is 1.06. The Kier molecular flexibility index (Phi) is 4.60. The van der Waals surface area contributed by atoms with E-state index >= 15 is 0 Å². The lowest BCUT2D eigenvalue weighted by Gasteiger charge is -2.21. The average Bonchev–Trinajstić information content (AvgIpc) is 3.09. The van der Waals surface area contributed by atoms with Gasteiger partial charge < -0.3 is 10.1 Å². The second-order valence-corrected chi connectivity index (χ2v) is 6.31. The second kappa shape index (κ2) is 5.97. The summed E-state index contributed by atoms with van der Waals surface area (Å²) < 4.78 is 17.2. The molecule has 88 valence electrons. The van der Waals surface area contributed by atoms with E-state index in [-0.39, 0.29) is 0 Å². The van der Waals surface area contributed by atoms with Gasteiger partial charge in [0.1, 0.15) is 0 Å². The highest BCUT2D eigenvalue weighted by Gasteiger charge is 2.21. The van der Waals surface area contributed by atoms with Crippen LogP contribution in [-0.2, 0) is 15.5 Å². The molecule has 1 saturated carbocycles. The van der Waals surface area contributed by atoms with Crippen LogP contribution >= 0.6 is 0 Å². The van der Waals surface area contributed by atoms with Gasteiger partial charge in [-0.3, -0.25) is 4.21 Å². The van der Waals surface area contributed by atoms with E-state index in [9.17, 15) is 4.21 Å². The molecule has 1 atom stereocenters. The fourth-order valence-electron chi connectivity index (χ4n) is 1.91. The number of hydrogen-bond acceptors (Lipinski definition) is 3. The van der Waals surface area contributed by atoms with Gasteiger partial charge in [0, 0.05) is 41.1 Å². The molecule has 1 N–H and O–H groups in total. The van der Waals surface area contributed by atoms with E-state index in [0.717, 1.165) is 50.8 Å². The lowest BCUT2D eigenvalue weighted by Crippen LogP contribution is -2.27. The summed E-state index contributed by atoms with van der Waals surface area (Å²) in [5.41, 5.74) is 0. The van der Waals surface area contributed by atoms with Crippen LogP contribution in [0.25, 0.3) is 0 Å². The minimum atomic E-state index is -0.621. The molecular formula is C11H21NO2S. The highest BCUT2D eigenvalue weighted by molar-refractivity contribution is 7.85. The molecule has 2 fully saturated rings. The first-order valence-corrected chi connectivity index (χ1v) is 7.43. The Morgan fingerprint density at radius 3 is 2.60 bits per heavy atom. The van der Waals surface area contributed by atoms with Crippen molar-refractivity contribution in [1.82, 2.24) is 5.32 Å². The maximum absolute atomic E-state index is 11.9. The van der Waals surface area contributed by atoms with Gasteiger partial charge in [-0.05, 0) is 38.6 Å². The second-order valence-electron chi connectivity index (χ2n) is 4.48. The summed E-state index contributed by atoms with van der Waals surface area (Å²) in [5.74, 6) is 0.865. The lowest BCUT2D eigenvalue weighted by molar-refractivity contribution is 0.0992. The summed E-state index contributed by atoms with van der Waals surface area (Å²) in [4.78, 5) is 0. The van der Waals surface area contributed by atoms with Crippen LogP contribution in [0.5, 0.6) is 0 Å². The Morgan fingerprint density at radius 1 is 1.20 bits per heavy atom. The van der Waals surface area contributed by atoms with Crippen molar-refractivity contribution >= 4 is 10.8 Å². The molecule has 4 heteroatoms. The summed E-state index contributed by atoms with van der Waals surface area (Å²) >= 11 is 0. The Bertz CT molecular complexity index is 213. The van der Waals surface area contributed by atoms with Crippen LogP contribution in [-0.4, -0.2) is 41.0 Å². The Balaban J connectivity index is 1.54. The van der Waals surface area contributed by atoms with Gasteiger partial charge in [-0.2, -0.15) is 0 Å². The Labute approximate surface area is 94.4 Å². The van der Waals surface area contributed by atoms with Gasteiger partial charge in [0.2, 0.25) is 0 Å². The maximum atomic E-state index is 11.9. The zero-order chi connectivity index (χ0) is 10.5. The highest BCUT2D eigenvalue weighted by atomic mass is 32.2. The normalized spacial score (nSPS) is 25.3. The number of nitrogens with one attached hydrogen (secondary N) is 1. The van der Waals surface area contributed by atoms with Gasteiger partial charge in [0.15, 0.2) is 0 Å². The van der Waals surface area contributed by atoms with Crippen molar-refractivity contribution in [2.24, 2.45) is 0 Å². The molecule has 0 spiro atoms. The molecule has 0 radical (unpaired) electrons. The van der Waals surface area contributed by atoms with E-state index in [1.165, 1.54) is 12.8 Å². The average molecular weight is 231 g/mol. The van der Waals surface area contributed by atoms with Crippen molar-refractivity contribution < 1.29 is 8.95 Å². The van der Waals surface area contributed by atoms with E-state index < -0.39 is 10.8 Å². The largest absolute Gasteiger partial charge is 0.381 e. The van der Waals surface area contributed by atoms with Crippen LogP contribution in [0, 0.1) is 0 Å². The Morgan fingerprint density at radius 2 is 1.93 bits per heavy atom. The molecule has 1 unspecified atom stereocenters. The zero-order valence-electron chi connectivity index (χ0n) is 9.24. The van der Waals surface area contributed by atoms with Crippen molar-refractivity contribution in [1.29, 1.82) is 0 Å². The smallest absolute Gasteiger partial charge is 0.0477 e. The van der Waals surface area contributed by atoms with Crippen molar-refractivity contribution in [3.05, 3.63) is 0 Å². The number of rotatable bonds is 6. The minimum Gasteiger partial charge on any atom is -0.381 e. The number of ether oxygens (including phenoxy) is 1. The fraction of sp³-hybridized carbons (Fsp3) is 1.00. The maximum Gasteiger partial charge on any atom is 0.0477 e. The third kappa shape index (κ3) is 4.21. The molecule has 0 aromatic heterocycles. The molecule has 1 heterocycles. The quantitative estimate of drug-likeness (QED) is 0.695. The molecule has 0 aromatic carbocycles. The van der Waals surface area contributed by atoms with Crippen LogP contribution in [0.2, 0.25) is 0 Å². The van der Waals surface area contributed by atoms with Crippen LogP contribution in [0.15, 0.2) is 0 Å². The van der Waals surface area contributed by atoms with Gasteiger partial charge in [-0.15, -0.1) is 0 Å². The molecule has 1 aliphatic carbocycles. The summed E-state index contributed by atoms with van der Waals surface area (Å²) in [6, 6.07) is 0.779. The first-order valence-electron chi connectivity index (χ1n) is 6.04. The molecule has 0 bridgehead atoms. The molecule has 1 saturated heterocycles. The molecule has 0 amide bonds. The molecule has 2 rings (SSSR count). The first kappa shape index (κ1) is 11.6. The van der Waals surface area contributed by atoms with Gasteiger partial charge in [-0.1, -0.05) is 0 Å². The molecule has 0 aromatic rings. The van der Waals surface area contributed by atoms with Gasteiger partial charge in [-0.25, -0.2) is 0 Å². The van der Waals surface area contributed by atoms with Crippen LogP contribution in [0.3, 0.4) is 0 Å². The zero-order valence-corrected chi connectivity index (χ0v) is 10.1. The molecule has 2 aliphatic rings. The van der Waals surface area contributed by atoms with E-state index in [1.54, 1.807) is 0 Å². The van der Waals surface area contributed by atoms with Crippen LogP contribution in [0.4, 0.5) is 0 Å². The topological polar surface area (TPSA) is 38.3 Å². The third-order valence-corrected chi connectivity index (χ3v) is 4.98. The van der Waals surface area contributed by atoms with Gasteiger partial charge in [0.25, 0.3) is 0 Å². The van der Waals surface area contributed by atoms with Crippen molar-refractivity contribution in [3.8, 4) is 0 Å². The third-order valence-electron chi connectivity index (χ3n) is 3.07. The molecular weight excluding hydrogens is 210 g/mol. The summed E-state index contributed by atoms with van der Waals surface area (Å²) in [5, 5.41) is 3.86. The SMILES string of the molecule is O=S(CCCNC1CC1)C1CCOCC1. The lowest BCUT2D eigenvalue weighted by atomic mass is 10.2. The fourth-order valence-corrected chi connectivity index (χ4v) is 3.39. The monoisotopic (exact) mass is 231 g/mol. The highest BCUT2D eigenvalue weighted by Crippen LogP contribution is 2.18. The van der Waals surface area contributed by atoms with E-state index in [2.05, 4.69) is 5.32 Å². The predicted molar refractivity (Wildman–Crippen MR) is 62.5 cm³/mol. The summed E-state index contributed by atoms with van der Waals surface area (Å²) in [7, 11) is -0.621. The standard InChI is InChI=1S/C11H21NO2S/c13-15(11-4-7-14-8-5-11)9-1-6-12-10-2-3-10/h10-12H,1-9H2. The van der Waals surface area contributed by atoms with Crippen molar-refractivity contribution in [3.63, 3.8) is 0 Å². The minimum absolute atomic E-state index is 0.402.